The number of imidazole rings is 1. The van der Waals surface area contributed by atoms with Crippen LogP contribution in [0.4, 0.5) is 5.95 Å². The van der Waals surface area contributed by atoms with Crippen molar-refractivity contribution in [3.63, 3.8) is 0 Å². The second kappa shape index (κ2) is 5.08. The fourth-order valence-electron chi connectivity index (χ4n) is 2.44. The summed E-state index contributed by atoms with van der Waals surface area (Å²) in [5.41, 5.74) is 5.73. The minimum atomic E-state index is -0.573. The highest BCUT2D eigenvalue weighted by atomic mass is 32.2. The predicted molar refractivity (Wildman–Crippen MR) is 75.3 cm³/mol. The Labute approximate surface area is 118 Å². The van der Waals surface area contributed by atoms with E-state index in [9.17, 15) is 9.90 Å². The van der Waals surface area contributed by atoms with Gasteiger partial charge in [0.05, 0.1) is 12.4 Å². The first kappa shape index (κ1) is 13.4. The van der Waals surface area contributed by atoms with Gasteiger partial charge in [-0.25, -0.2) is 4.98 Å². The van der Waals surface area contributed by atoms with Crippen molar-refractivity contribution in [3.05, 3.63) is 16.7 Å². The van der Waals surface area contributed by atoms with Crippen LogP contribution in [-0.2, 0) is 0 Å². The molecule has 0 amide bonds. The lowest BCUT2D eigenvalue weighted by atomic mass is 10.1. The van der Waals surface area contributed by atoms with Gasteiger partial charge in [0.25, 0.3) is 5.56 Å². The van der Waals surface area contributed by atoms with Crippen molar-refractivity contribution in [2.24, 2.45) is 0 Å². The minimum absolute atomic E-state index is 0.0219. The van der Waals surface area contributed by atoms with Crippen LogP contribution in [0.5, 0.6) is 0 Å². The molecule has 2 aromatic heterocycles. The van der Waals surface area contributed by atoms with Gasteiger partial charge in [0, 0.05) is 11.9 Å². The maximum Gasteiger partial charge on any atom is 0.280 e. The van der Waals surface area contributed by atoms with Crippen molar-refractivity contribution in [3.8, 4) is 0 Å². The molecule has 3 atom stereocenters. The number of nitrogens with one attached hydrogen (secondary N) is 1. The summed E-state index contributed by atoms with van der Waals surface area (Å²) >= 11 is 1.55. The number of thioether (sulfide) groups is 1. The van der Waals surface area contributed by atoms with Gasteiger partial charge in [0.15, 0.2) is 11.2 Å². The van der Waals surface area contributed by atoms with Crippen molar-refractivity contribution in [1.82, 2.24) is 19.5 Å². The number of aliphatic hydroxyl groups excluding tert-OH is 2. The molecule has 9 heteroatoms. The number of aromatic nitrogens is 4. The van der Waals surface area contributed by atoms with E-state index in [4.69, 9.17) is 10.8 Å². The van der Waals surface area contributed by atoms with E-state index in [2.05, 4.69) is 15.0 Å². The molecule has 0 unspecified atom stereocenters. The second-order valence-corrected chi connectivity index (χ2v) is 6.16. The lowest BCUT2D eigenvalue weighted by Gasteiger charge is -2.15. The molecule has 3 rings (SSSR count). The molecule has 3 heterocycles. The fourth-order valence-corrected chi connectivity index (χ4v) is 3.96. The molecule has 20 heavy (non-hydrogen) atoms. The maximum atomic E-state index is 11.7. The molecule has 0 bridgehead atoms. The highest BCUT2D eigenvalue weighted by molar-refractivity contribution is 8.00. The van der Waals surface area contributed by atoms with Crippen molar-refractivity contribution in [2.45, 2.75) is 29.6 Å². The largest absolute Gasteiger partial charge is 0.396 e. The zero-order chi connectivity index (χ0) is 14.3. The second-order valence-electron chi connectivity index (χ2n) is 4.74. The summed E-state index contributed by atoms with van der Waals surface area (Å²) in [5.74, 6) is 0.0219. The molecule has 2 aromatic rings. The molecule has 5 N–H and O–H groups in total. The van der Waals surface area contributed by atoms with E-state index < -0.39 is 11.7 Å². The van der Waals surface area contributed by atoms with Crippen LogP contribution in [0.15, 0.2) is 11.1 Å². The molecular weight excluding hydrogens is 282 g/mol. The number of anilines is 1. The Morgan fingerprint density at radius 1 is 1.60 bits per heavy atom. The number of nitrogen functional groups attached to an aromatic ring is 1. The van der Waals surface area contributed by atoms with Gasteiger partial charge < -0.3 is 15.9 Å². The summed E-state index contributed by atoms with van der Waals surface area (Å²) in [6.07, 6.45) is 2.14. The van der Waals surface area contributed by atoms with Crippen LogP contribution in [0.2, 0.25) is 0 Å². The molecule has 0 spiro atoms. The first-order valence-electron chi connectivity index (χ1n) is 6.27. The number of H-pyrrole nitrogens is 1. The molecule has 108 valence electrons. The molecule has 0 aliphatic carbocycles. The van der Waals surface area contributed by atoms with Crippen molar-refractivity contribution >= 4 is 28.9 Å². The molecule has 0 saturated carbocycles. The maximum absolute atomic E-state index is 11.7. The van der Waals surface area contributed by atoms with Gasteiger partial charge in [0.2, 0.25) is 5.95 Å². The van der Waals surface area contributed by atoms with Crippen LogP contribution in [0.1, 0.15) is 18.2 Å². The van der Waals surface area contributed by atoms with E-state index in [1.54, 1.807) is 16.3 Å². The molecule has 0 radical (unpaired) electrons. The highest BCUT2D eigenvalue weighted by Crippen LogP contribution is 2.43. The first-order valence-corrected chi connectivity index (χ1v) is 7.21. The third-order valence-electron chi connectivity index (χ3n) is 3.34. The third-order valence-corrected chi connectivity index (χ3v) is 4.97. The average Bonchev–Trinajstić information content (AvgIpc) is 2.93. The lowest BCUT2D eigenvalue weighted by Crippen LogP contribution is -2.18. The molecule has 1 aliphatic rings. The first-order chi connectivity index (χ1) is 9.60. The van der Waals surface area contributed by atoms with E-state index >= 15 is 0 Å². The number of hydrogen-bond donors (Lipinski definition) is 4. The summed E-state index contributed by atoms with van der Waals surface area (Å²) < 4.78 is 1.67. The Hall–Kier alpha value is -1.58. The van der Waals surface area contributed by atoms with Gasteiger partial charge in [-0.2, -0.15) is 4.98 Å². The lowest BCUT2D eigenvalue weighted by molar-refractivity contribution is 0.148. The van der Waals surface area contributed by atoms with Crippen LogP contribution >= 0.6 is 11.8 Å². The summed E-state index contributed by atoms with van der Waals surface area (Å²) in [6, 6.07) is 0. The molecule has 1 fully saturated rings. The van der Waals surface area contributed by atoms with Crippen LogP contribution in [0, 0.1) is 0 Å². The summed E-state index contributed by atoms with van der Waals surface area (Å²) in [6.45, 7) is 0.0899. The Morgan fingerprint density at radius 3 is 3.15 bits per heavy atom. The number of aliphatic hydroxyl groups is 2. The number of rotatable bonds is 3. The molecular formula is C11H15N5O3S. The zero-order valence-electron chi connectivity index (χ0n) is 10.6. The Kier molecular flexibility index (Phi) is 3.40. The molecule has 1 saturated heterocycles. The van der Waals surface area contributed by atoms with Gasteiger partial charge in [-0.05, 0) is 12.8 Å². The van der Waals surface area contributed by atoms with Crippen LogP contribution in [-0.4, -0.2) is 47.7 Å². The van der Waals surface area contributed by atoms with E-state index in [-0.39, 0.29) is 28.7 Å². The molecule has 8 nitrogen and oxygen atoms in total. The van der Waals surface area contributed by atoms with Gasteiger partial charge in [-0.1, -0.05) is 0 Å². The smallest absolute Gasteiger partial charge is 0.280 e. The third kappa shape index (κ3) is 2.17. The number of fused-ring (bicyclic) bond motifs is 1. The Balaban J connectivity index is 2.01. The van der Waals surface area contributed by atoms with Crippen LogP contribution < -0.4 is 11.3 Å². The van der Waals surface area contributed by atoms with E-state index in [0.717, 1.165) is 0 Å². The normalized spacial score (nSPS) is 26.4. The Bertz CT molecular complexity index is 684. The fraction of sp³-hybridized carbons (Fsp3) is 0.545. The average molecular weight is 297 g/mol. The number of aromatic amines is 1. The van der Waals surface area contributed by atoms with E-state index in [1.807, 2.05) is 0 Å². The monoisotopic (exact) mass is 297 g/mol. The predicted octanol–water partition coefficient (Wildman–Crippen LogP) is -0.551. The summed E-state index contributed by atoms with van der Waals surface area (Å²) in [4.78, 5) is 22.2. The highest BCUT2D eigenvalue weighted by Gasteiger charge is 2.35. The molecule has 0 aromatic carbocycles. The number of nitrogens with zero attached hydrogens (tertiary/aromatic N) is 3. The minimum Gasteiger partial charge on any atom is -0.396 e. The van der Waals surface area contributed by atoms with Crippen LogP contribution in [0.25, 0.3) is 11.2 Å². The Morgan fingerprint density at radius 2 is 2.40 bits per heavy atom. The zero-order valence-corrected chi connectivity index (χ0v) is 11.4. The van der Waals surface area contributed by atoms with E-state index in [0.29, 0.717) is 18.5 Å². The van der Waals surface area contributed by atoms with Gasteiger partial charge in [0.1, 0.15) is 5.37 Å². The number of nitrogens with two attached hydrogens (primary N) is 1. The number of hydrogen-bond acceptors (Lipinski definition) is 7. The van der Waals surface area contributed by atoms with Crippen molar-refractivity contribution in [2.75, 3.05) is 12.3 Å². The molecule has 1 aliphatic heterocycles. The summed E-state index contributed by atoms with van der Waals surface area (Å²) in [7, 11) is 0. The van der Waals surface area contributed by atoms with E-state index in [1.165, 1.54) is 6.33 Å². The SMILES string of the molecule is Nc1nc2c(ncn2[C@@H]2S[C@H](CCO)C[C@H]2O)c(=O)[nH]1. The van der Waals surface area contributed by atoms with Gasteiger partial charge >= 0.3 is 0 Å². The van der Waals surface area contributed by atoms with Crippen LogP contribution in [0.3, 0.4) is 0 Å². The standard InChI is InChI=1S/C11H15N5O3S/c12-11-14-8-7(9(19)15-11)13-4-16(8)10-6(18)3-5(20-10)1-2-17/h4-6,10,17-18H,1-3H2,(H3,12,14,15,19)/t5-,6-,10-/m1/s1. The summed E-state index contributed by atoms with van der Waals surface area (Å²) in [5, 5.41) is 19.1. The van der Waals surface area contributed by atoms with Gasteiger partial charge in [-0.3, -0.25) is 14.3 Å². The quantitative estimate of drug-likeness (QED) is 0.598. The van der Waals surface area contributed by atoms with Crippen molar-refractivity contribution < 1.29 is 10.2 Å². The topological polar surface area (TPSA) is 130 Å². The van der Waals surface area contributed by atoms with Crippen molar-refractivity contribution in [1.29, 1.82) is 0 Å². The van der Waals surface area contributed by atoms with Gasteiger partial charge in [-0.15, -0.1) is 11.8 Å².